The first-order valence-corrected chi connectivity index (χ1v) is 10.6. The molecule has 0 bridgehead atoms. The normalized spacial score (nSPS) is 14.7. The molecule has 4 rings (SSSR count). The molecule has 1 aromatic carbocycles. The Labute approximate surface area is 188 Å². The second kappa shape index (κ2) is 9.33. The Morgan fingerprint density at radius 2 is 1.79 bits per heavy atom. The lowest BCUT2D eigenvalue weighted by atomic mass is 10.1. The van der Waals surface area contributed by atoms with Crippen LogP contribution >= 0.6 is 11.8 Å². The number of piperazine rings is 1. The smallest absolute Gasteiger partial charge is 0.353 e. The molecule has 3 heterocycles. The number of nitrogens with zero attached hydrogens (tertiary/aromatic N) is 5. The van der Waals surface area contributed by atoms with E-state index in [1.807, 2.05) is 4.90 Å². The Morgan fingerprint density at radius 1 is 1.06 bits per heavy atom. The number of benzene rings is 1. The van der Waals surface area contributed by atoms with E-state index in [2.05, 4.69) is 19.6 Å². The number of hydrogen-bond donors (Lipinski definition) is 0. The minimum atomic E-state index is -4.73. The number of carbonyl (C=O) groups excluding carboxylic acids is 1. The summed E-state index contributed by atoms with van der Waals surface area (Å²) >= 11 is 0.337. The van der Waals surface area contributed by atoms with E-state index in [9.17, 15) is 26.7 Å². The molecule has 2 aromatic heterocycles. The van der Waals surface area contributed by atoms with Gasteiger partial charge in [0.25, 0.3) is 11.7 Å². The van der Waals surface area contributed by atoms with Crippen LogP contribution in [-0.4, -0.2) is 57.9 Å². The summed E-state index contributed by atoms with van der Waals surface area (Å²) in [4.78, 5) is 24.2. The quantitative estimate of drug-likeness (QED) is 0.391. The molecular weight excluding hydrogens is 469 g/mol. The largest absolute Gasteiger partial charge is 0.471 e. The van der Waals surface area contributed by atoms with Crippen molar-refractivity contribution in [2.75, 3.05) is 31.1 Å². The Kier molecular flexibility index (Phi) is 6.49. The lowest BCUT2D eigenvalue weighted by molar-refractivity contribution is -0.159. The molecule has 0 radical (unpaired) electrons. The number of carbonyl (C=O) groups is 1. The van der Waals surface area contributed by atoms with Crippen molar-refractivity contribution in [3.63, 3.8) is 0 Å². The van der Waals surface area contributed by atoms with E-state index in [4.69, 9.17) is 0 Å². The zero-order chi connectivity index (χ0) is 23.6. The molecule has 1 aliphatic heterocycles. The van der Waals surface area contributed by atoms with Crippen molar-refractivity contribution in [1.82, 2.24) is 20.0 Å². The molecule has 1 fully saturated rings. The maximum Gasteiger partial charge on any atom is 0.471 e. The van der Waals surface area contributed by atoms with Crippen molar-refractivity contribution in [2.45, 2.75) is 16.8 Å². The number of hydrogen-bond acceptors (Lipinski definition) is 7. The fourth-order valence-corrected chi connectivity index (χ4v) is 3.94. The van der Waals surface area contributed by atoms with Gasteiger partial charge in [0.1, 0.15) is 5.82 Å². The number of rotatable bonds is 5. The molecular formula is C20H16F5N5O2S. The highest BCUT2D eigenvalue weighted by molar-refractivity contribution is 7.99. The van der Waals surface area contributed by atoms with Gasteiger partial charge in [-0.1, -0.05) is 29.1 Å². The fourth-order valence-electron chi connectivity index (χ4n) is 3.31. The molecule has 13 heteroatoms. The minimum absolute atomic E-state index is 0.225. The van der Waals surface area contributed by atoms with Crippen molar-refractivity contribution < 1.29 is 31.3 Å². The van der Waals surface area contributed by atoms with Crippen LogP contribution in [0.3, 0.4) is 0 Å². The van der Waals surface area contributed by atoms with Crippen LogP contribution in [0, 0.1) is 0 Å². The third-order valence-electron chi connectivity index (χ3n) is 4.90. The van der Waals surface area contributed by atoms with Crippen LogP contribution in [0.2, 0.25) is 0 Å². The van der Waals surface area contributed by atoms with Gasteiger partial charge in [0.05, 0.1) is 5.56 Å². The number of halogens is 5. The number of pyridine rings is 1. The van der Waals surface area contributed by atoms with Gasteiger partial charge in [-0.3, -0.25) is 4.79 Å². The van der Waals surface area contributed by atoms with Crippen LogP contribution in [-0.2, 0) is 6.18 Å². The van der Waals surface area contributed by atoms with Gasteiger partial charge in [-0.15, -0.1) is 0 Å². The van der Waals surface area contributed by atoms with Gasteiger partial charge in [-0.2, -0.15) is 26.9 Å². The average Bonchev–Trinajstić information content (AvgIpc) is 3.30. The predicted octanol–water partition coefficient (Wildman–Crippen LogP) is 4.43. The molecule has 0 atom stereocenters. The SMILES string of the molecule is O=C(c1ccccc1SC(F)F)N1CCN(c2ccc(-c3noc(C(F)(F)F)n3)cn2)CC1. The number of anilines is 1. The first-order valence-electron chi connectivity index (χ1n) is 9.68. The highest BCUT2D eigenvalue weighted by Gasteiger charge is 2.38. The van der Waals surface area contributed by atoms with Crippen LogP contribution < -0.4 is 4.90 Å². The van der Waals surface area contributed by atoms with Crippen molar-refractivity contribution in [1.29, 1.82) is 0 Å². The van der Waals surface area contributed by atoms with E-state index in [1.54, 1.807) is 23.1 Å². The van der Waals surface area contributed by atoms with Crippen LogP contribution in [0.4, 0.5) is 27.8 Å². The molecule has 174 valence electrons. The second-order valence-electron chi connectivity index (χ2n) is 6.98. The van der Waals surface area contributed by atoms with Crippen molar-refractivity contribution in [2.24, 2.45) is 0 Å². The van der Waals surface area contributed by atoms with Crippen LogP contribution in [0.1, 0.15) is 16.2 Å². The summed E-state index contributed by atoms with van der Waals surface area (Å²) in [6, 6.07) is 9.40. The first-order chi connectivity index (χ1) is 15.7. The molecule has 0 unspecified atom stereocenters. The van der Waals surface area contributed by atoms with Crippen molar-refractivity contribution in [3.05, 3.63) is 54.0 Å². The molecule has 3 aromatic rings. The molecule has 0 N–H and O–H groups in total. The number of aromatic nitrogens is 3. The summed E-state index contributed by atoms with van der Waals surface area (Å²) in [5.41, 5.74) is 0.497. The van der Waals surface area contributed by atoms with Crippen molar-refractivity contribution >= 4 is 23.5 Å². The van der Waals surface area contributed by atoms with Crippen molar-refractivity contribution in [3.8, 4) is 11.4 Å². The molecule has 7 nitrogen and oxygen atoms in total. The zero-order valence-corrected chi connectivity index (χ0v) is 17.6. The van der Waals surface area contributed by atoms with E-state index in [-0.39, 0.29) is 27.8 Å². The number of amides is 1. The van der Waals surface area contributed by atoms with Gasteiger partial charge in [-0.25, -0.2) is 4.98 Å². The van der Waals surface area contributed by atoms with Gasteiger partial charge in [-0.05, 0) is 24.3 Å². The van der Waals surface area contributed by atoms with E-state index in [1.165, 1.54) is 24.4 Å². The molecule has 1 amide bonds. The third kappa shape index (κ3) is 5.24. The lowest BCUT2D eigenvalue weighted by Crippen LogP contribution is -2.49. The van der Waals surface area contributed by atoms with Gasteiger partial charge in [0, 0.05) is 42.8 Å². The topological polar surface area (TPSA) is 75.4 Å². The molecule has 0 spiro atoms. The van der Waals surface area contributed by atoms with E-state index in [0.717, 1.165) is 0 Å². The third-order valence-corrected chi connectivity index (χ3v) is 5.69. The summed E-state index contributed by atoms with van der Waals surface area (Å²) in [5.74, 6) is -4.04. The predicted molar refractivity (Wildman–Crippen MR) is 109 cm³/mol. The maximum absolute atomic E-state index is 12.9. The van der Waals surface area contributed by atoms with Gasteiger partial charge in [0.2, 0.25) is 5.82 Å². The van der Waals surface area contributed by atoms with E-state index >= 15 is 0 Å². The molecule has 33 heavy (non-hydrogen) atoms. The first kappa shape index (κ1) is 23.0. The number of thioether (sulfide) groups is 1. The lowest BCUT2D eigenvalue weighted by Gasteiger charge is -2.35. The van der Waals surface area contributed by atoms with Gasteiger partial charge >= 0.3 is 12.1 Å². The highest BCUT2D eigenvalue weighted by Crippen LogP contribution is 2.31. The molecule has 1 aliphatic rings. The second-order valence-corrected chi connectivity index (χ2v) is 8.01. The zero-order valence-electron chi connectivity index (χ0n) is 16.8. The number of alkyl halides is 5. The van der Waals surface area contributed by atoms with Gasteiger partial charge < -0.3 is 14.3 Å². The summed E-state index contributed by atoms with van der Waals surface area (Å²) in [6.07, 6.45) is -3.38. The Balaban J connectivity index is 1.39. The Hall–Kier alpha value is -3.22. The molecule has 0 saturated carbocycles. The minimum Gasteiger partial charge on any atom is -0.353 e. The molecule has 0 aliphatic carbocycles. The standard InChI is InChI=1S/C20H16F5N5O2S/c21-19(22)33-14-4-2-1-3-13(14)17(31)30-9-7-29(8-10-30)15-6-5-12(11-26-15)16-27-18(32-28-16)20(23,24)25/h1-6,11,19H,7-10H2. The van der Waals surface area contributed by atoms with Crippen LogP contribution in [0.25, 0.3) is 11.4 Å². The maximum atomic E-state index is 12.9. The van der Waals surface area contributed by atoms with E-state index < -0.39 is 17.8 Å². The monoisotopic (exact) mass is 485 g/mol. The van der Waals surface area contributed by atoms with Gasteiger partial charge in [0.15, 0.2) is 0 Å². The Morgan fingerprint density at radius 3 is 2.39 bits per heavy atom. The summed E-state index contributed by atoms with van der Waals surface area (Å²) in [7, 11) is 0. The Bertz CT molecular complexity index is 1110. The summed E-state index contributed by atoms with van der Waals surface area (Å²) in [5, 5.41) is 3.33. The molecule has 1 saturated heterocycles. The fraction of sp³-hybridized carbons (Fsp3) is 0.300. The van der Waals surface area contributed by atoms with Crippen LogP contribution in [0.5, 0.6) is 0 Å². The summed E-state index contributed by atoms with van der Waals surface area (Å²) < 4.78 is 67.7. The highest BCUT2D eigenvalue weighted by atomic mass is 32.2. The van der Waals surface area contributed by atoms with E-state index in [0.29, 0.717) is 43.8 Å². The van der Waals surface area contributed by atoms with Crippen LogP contribution in [0.15, 0.2) is 52.0 Å². The average molecular weight is 485 g/mol. The summed E-state index contributed by atoms with van der Waals surface area (Å²) in [6.45, 7) is 1.61.